The Balaban J connectivity index is 1.63. The number of hydrogen-bond donors (Lipinski definition) is 2. The highest BCUT2D eigenvalue weighted by Gasteiger charge is 2.34. The van der Waals surface area contributed by atoms with Crippen molar-refractivity contribution < 1.29 is 18.0 Å². The molecule has 0 aromatic carbocycles. The molecule has 0 saturated carbocycles. The predicted octanol–water partition coefficient (Wildman–Crippen LogP) is 2.13. The standard InChI is InChI=1S/C13H19F3N4OS/c1-9-7-22-11(19-9)5-18-12(21)17-4-10-2-3-20(6-10)8-13(14,15)16/h7,10H,2-6,8H2,1H3,(H2,17,18,21). The Morgan fingerprint density at radius 3 is 2.91 bits per heavy atom. The number of carbonyl (C=O) groups is 1. The van der Waals surface area contributed by atoms with E-state index in [0.717, 1.165) is 10.7 Å². The van der Waals surface area contributed by atoms with Crippen LogP contribution in [-0.2, 0) is 6.54 Å². The molecule has 1 aromatic heterocycles. The van der Waals surface area contributed by atoms with Gasteiger partial charge in [0.1, 0.15) is 5.01 Å². The first-order valence-electron chi connectivity index (χ1n) is 7.03. The summed E-state index contributed by atoms with van der Waals surface area (Å²) >= 11 is 1.47. The van der Waals surface area contributed by atoms with Gasteiger partial charge < -0.3 is 10.6 Å². The van der Waals surface area contributed by atoms with Gasteiger partial charge in [0, 0.05) is 24.2 Å². The Kier molecular flexibility index (Phi) is 5.63. The SMILES string of the molecule is Cc1csc(CNC(=O)NCC2CCN(CC(F)(F)F)C2)n1. The van der Waals surface area contributed by atoms with Crippen molar-refractivity contribution in [3.63, 3.8) is 0 Å². The van der Waals surface area contributed by atoms with E-state index >= 15 is 0 Å². The summed E-state index contributed by atoms with van der Waals surface area (Å²) < 4.78 is 36.9. The van der Waals surface area contributed by atoms with E-state index in [4.69, 9.17) is 0 Å². The molecule has 1 atom stereocenters. The molecule has 5 nitrogen and oxygen atoms in total. The molecule has 0 aliphatic carbocycles. The fraction of sp³-hybridized carbons (Fsp3) is 0.692. The number of halogens is 3. The zero-order chi connectivity index (χ0) is 16.2. The zero-order valence-corrected chi connectivity index (χ0v) is 13.1. The molecule has 124 valence electrons. The average Bonchev–Trinajstić information content (AvgIpc) is 3.01. The van der Waals surface area contributed by atoms with Crippen LogP contribution in [0.15, 0.2) is 5.38 Å². The lowest BCUT2D eigenvalue weighted by Crippen LogP contribution is -2.39. The summed E-state index contributed by atoms with van der Waals surface area (Å²) in [6.07, 6.45) is -3.49. The van der Waals surface area contributed by atoms with E-state index in [1.807, 2.05) is 12.3 Å². The van der Waals surface area contributed by atoms with Crippen molar-refractivity contribution in [2.75, 3.05) is 26.2 Å². The quantitative estimate of drug-likeness (QED) is 0.866. The lowest BCUT2D eigenvalue weighted by atomic mass is 10.1. The molecule has 1 aliphatic rings. The molecular weight excluding hydrogens is 317 g/mol. The Hall–Kier alpha value is -1.35. The maximum Gasteiger partial charge on any atom is 0.401 e. The first-order valence-corrected chi connectivity index (χ1v) is 7.91. The Morgan fingerprint density at radius 2 is 2.27 bits per heavy atom. The van der Waals surface area contributed by atoms with Gasteiger partial charge in [-0.2, -0.15) is 13.2 Å². The average molecular weight is 336 g/mol. The summed E-state index contributed by atoms with van der Waals surface area (Å²) in [5.74, 6) is 0.0650. The number of hydrogen-bond acceptors (Lipinski definition) is 4. The Morgan fingerprint density at radius 1 is 1.50 bits per heavy atom. The third kappa shape index (κ3) is 5.80. The molecule has 1 saturated heterocycles. The highest BCUT2D eigenvalue weighted by Crippen LogP contribution is 2.22. The van der Waals surface area contributed by atoms with Crippen molar-refractivity contribution in [2.24, 2.45) is 5.92 Å². The van der Waals surface area contributed by atoms with Gasteiger partial charge in [-0.15, -0.1) is 11.3 Å². The van der Waals surface area contributed by atoms with Crippen LogP contribution in [-0.4, -0.2) is 48.3 Å². The van der Waals surface area contributed by atoms with Crippen LogP contribution in [0, 0.1) is 12.8 Å². The van der Waals surface area contributed by atoms with Crippen LogP contribution in [0.3, 0.4) is 0 Å². The number of amides is 2. The first-order chi connectivity index (χ1) is 10.3. The van der Waals surface area contributed by atoms with Gasteiger partial charge in [-0.1, -0.05) is 0 Å². The van der Waals surface area contributed by atoms with E-state index in [1.165, 1.54) is 16.2 Å². The summed E-state index contributed by atoms with van der Waals surface area (Å²) in [7, 11) is 0. The maximum atomic E-state index is 12.3. The van der Waals surface area contributed by atoms with Gasteiger partial charge in [-0.3, -0.25) is 4.90 Å². The summed E-state index contributed by atoms with van der Waals surface area (Å²) in [6, 6.07) is -0.317. The predicted molar refractivity (Wildman–Crippen MR) is 77.7 cm³/mol. The van der Waals surface area contributed by atoms with Gasteiger partial charge in [-0.05, 0) is 25.8 Å². The molecule has 2 heterocycles. The number of nitrogens with zero attached hydrogens (tertiary/aromatic N) is 2. The van der Waals surface area contributed by atoms with Crippen molar-refractivity contribution in [3.8, 4) is 0 Å². The van der Waals surface area contributed by atoms with Gasteiger partial charge in [0.2, 0.25) is 0 Å². The summed E-state index contributed by atoms with van der Waals surface area (Å²) in [6.45, 7) is 2.54. The maximum absolute atomic E-state index is 12.3. The summed E-state index contributed by atoms with van der Waals surface area (Å²) in [4.78, 5) is 17.3. The Labute approximate surface area is 130 Å². The topological polar surface area (TPSA) is 57.3 Å². The van der Waals surface area contributed by atoms with E-state index < -0.39 is 12.7 Å². The van der Waals surface area contributed by atoms with E-state index in [9.17, 15) is 18.0 Å². The van der Waals surface area contributed by atoms with Crippen LogP contribution < -0.4 is 10.6 Å². The molecule has 1 fully saturated rings. The number of urea groups is 1. The van der Waals surface area contributed by atoms with Crippen molar-refractivity contribution >= 4 is 17.4 Å². The van der Waals surface area contributed by atoms with Gasteiger partial charge in [-0.25, -0.2) is 9.78 Å². The van der Waals surface area contributed by atoms with Gasteiger partial charge >= 0.3 is 12.2 Å². The summed E-state index contributed by atoms with van der Waals surface area (Å²) in [5, 5.41) is 8.12. The van der Waals surface area contributed by atoms with Crippen LogP contribution in [0.5, 0.6) is 0 Å². The lowest BCUT2D eigenvalue weighted by Gasteiger charge is -2.18. The number of alkyl halides is 3. The highest BCUT2D eigenvalue weighted by molar-refractivity contribution is 7.09. The highest BCUT2D eigenvalue weighted by atomic mass is 32.1. The van der Waals surface area contributed by atoms with Crippen molar-refractivity contribution in [1.82, 2.24) is 20.5 Å². The van der Waals surface area contributed by atoms with E-state index in [2.05, 4.69) is 15.6 Å². The third-order valence-corrected chi connectivity index (χ3v) is 4.36. The minimum Gasteiger partial charge on any atom is -0.338 e. The number of carbonyl (C=O) groups excluding carboxylic acids is 1. The largest absolute Gasteiger partial charge is 0.401 e. The molecule has 1 unspecified atom stereocenters. The second-order valence-corrected chi connectivity index (χ2v) is 6.39. The smallest absolute Gasteiger partial charge is 0.338 e. The van der Waals surface area contributed by atoms with Crippen LogP contribution in [0.4, 0.5) is 18.0 Å². The molecule has 0 radical (unpaired) electrons. The van der Waals surface area contributed by atoms with Crippen molar-refractivity contribution in [2.45, 2.75) is 26.1 Å². The van der Waals surface area contributed by atoms with Crippen LogP contribution >= 0.6 is 11.3 Å². The molecule has 0 spiro atoms. The van der Waals surface area contributed by atoms with Gasteiger partial charge in [0.05, 0.1) is 13.1 Å². The minimum absolute atomic E-state index is 0.0650. The number of aryl methyl sites for hydroxylation is 1. The Bertz CT molecular complexity index is 506. The van der Waals surface area contributed by atoms with E-state index in [-0.39, 0.29) is 11.9 Å². The number of thiazole rings is 1. The molecule has 1 aromatic rings. The molecule has 2 rings (SSSR count). The second kappa shape index (κ2) is 7.28. The van der Waals surface area contributed by atoms with Gasteiger partial charge in [0.15, 0.2) is 0 Å². The molecule has 2 N–H and O–H groups in total. The first kappa shape index (κ1) is 17.0. The van der Waals surface area contributed by atoms with E-state index in [1.54, 1.807) is 0 Å². The number of likely N-dealkylation sites (tertiary alicyclic amines) is 1. The fourth-order valence-electron chi connectivity index (χ4n) is 2.42. The second-order valence-electron chi connectivity index (χ2n) is 5.45. The third-order valence-electron chi connectivity index (χ3n) is 3.39. The normalized spacial score (nSPS) is 19.4. The molecule has 2 amide bonds. The lowest BCUT2D eigenvalue weighted by molar-refractivity contribution is -0.143. The van der Waals surface area contributed by atoms with Gasteiger partial charge in [0.25, 0.3) is 0 Å². The minimum atomic E-state index is -4.16. The molecule has 9 heteroatoms. The molecule has 1 aliphatic heterocycles. The molecule has 0 bridgehead atoms. The number of nitrogens with one attached hydrogen (secondary N) is 2. The van der Waals surface area contributed by atoms with Crippen LogP contribution in [0.25, 0.3) is 0 Å². The zero-order valence-electron chi connectivity index (χ0n) is 12.2. The van der Waals surface area contributed by atoms with Crippen LogP contribution in [0.2, 0.25) is 0 Å². The molecular formula is C13H19F3N4OS. The number of aromatic nitrogens is 1. The van der Waals surface area contributed by atoms with Crippen molar-refractivity contribution in [1.29, 1.82) is 0 Å². The number of rotatable bonds is 5. The van der Waals surface area contributed by atoms with Crippen LogP contribution in [0.1, 0.15) is 17.1 Å². The summed E-state index contributed by atoms with van der Waals surface area (Å²) in [5.41, 5.74) is 0.915. The monoisotopic (exact) mass is 336 g/mol. The van der Waals surface area contributed by atoms with Crippen molar-refractivity contribution in [3.05, 3.63) is 16.1 Å². The fourth-order valence-corrected chi connectivity index (χ4v) is 3.13. The van der Waals surface area contributed by atoms with E-state index in [0.29, 0.717) is 32.6 Å². The molecule has 22 heavy (non-hydrogen) atoms.